The van der Waals surface area contributed by atoms with Crippen molar-refractivity contribution in [1.29, 1.82) is 0 Å². The van der Waals surface area contributed by atoms with Gasteiger partial charge in [-0.05, 0) is 31.1 Å². The van der Waals surface area contributed by atoms with E-state index in [9.17, 15) is 4.79 Å². The Balaban J connectivity index is 1.70. The molecule has 0 aliphatic carbocycles. The van der Waals surface area contributed by atoms with Crippen molar-refractivity contribution in [3.05, 3.63) is 41.4 Å². The summed E-state index contributed by atoms with van der Waals surface area (Å²) in [6, 6.07) is 7.90. The second kappa shape index (κ2) is 10.4. The fourth-order valence-electron chi connectivity index (χ4n) is 3.03. The first-order chi connectivity index (χ1) is 11.7. The van der Waals surface area contributed by atoms with E-state index in [2.05, 4.69) is 11.8 Å². The van der Waals surface area contributed by atoms with E-state index in [1.807, 2.05) is 35.2 Å². The van der Waals surface area contributed by atoms with Crippen LogP contribution in [0.3, 0.4) is 0 Å². The second-order valence-corrected chi connectivity index (χ2v) is 6.78. The Hall–Kier alpha value is -1.48. The van der Waals surface area contributed by atoms with E-state index in [4.69, 9.17) is 11.6 Å². The van der Waals surface area contributed by atoms with Gasteiger partial charge in [-0.1, -0.05) is 62.4 Å². The van der Waals surface area contributed by atoms with E-state index in [1.54, 1.807) is 6.08 Å². The molecule has 1 fully saturated rings. The zero-order chi connectivity index (χ0) is 17.2. The van der Waals surface area contributed by atoms with Crippen molar-refractivity contribution in [2.45, 2.75) is 45.4 Å². The second-order valence-electron chi connectivity index (χ2n) is 6.37. The molecule has 132 valence electrons. The average molecular weight is 349 g/mol. The Morgan fingerprint density at radius 3 is 2.50 bits per heavy atom. The fraction of sp³-hybridized carbons (Fsp3) is 0.550. The summed E-state index contributed by atoms with van der Waals surface area (Å²) < 4.78 is 0. The Bertz CT molecular complexity index is 536. The van der Waals surface area contributed by atoms with Crippen LogP contribution in [0, 0.1) is 0 Å². The van der Waals surface area contributed by atoms with Crippen LogP contribution in [0.4, 0.5) is 5.69 Å². The third kappa shape index (κ3) is 5.86. The van der Waals surface area contributed by atoms with Gasteiger partial charge < -0.3 is 9.80 Å². The SMILES string of the molecule is CCCCCCCC=CC(=O)N1CCN(c2ccccc2Cl)CC1. The number of hydrogen-bond donors (Lipinski definition) is 0. The fourth-order valence-corrected chi connectivity index (χ4v) is 3.29. The number of para-hydroxylation sites is 1. The third-order valence-corrected chi connectivity index (χ3v) is 4.84. The van der Waals surface area contributed by atoms with Gasteiger partial charge >= 0.3 is 0 Å². The van der Waals surface area contributed by atoms with E-state index in [0.717, 1.165) is 43.3 Å². The topological polar surface area (TPSA) is 23.6 Å². The molecule has 1 heterocycles. The number of allylic oxidation sites excluding steroid dienone is 1. The number of amides is 1. The third-order valence-electron chi connectivity index (χ3n) is 4.52. The number of hydrogen-bond acceptors (Lipinski definition) is 2. The molecule has 0 saturated carbocycles. The number of unbranched alkanes of at least 4 members (excludes halogenated alkanes) is 5. The van der Waals surface area contributed by atoms with Crippen molar-refractivity contribution >= 4 is 23.2 Å². The highest BCUT2D eigenvalue weighted by molar-refractivity contribution is 6.33. The number of nitrogens with zero attached hydrogens (tertiary/aromatic N) is 2. The Kier molecular flexibility index (Phi) is 8.17. The monoisotopic (exact) mass is 348 g/mol. The minimum absolute atomic E-state index is 0.141. The highest BCUT2D eigenvalue weighted by Gasteiger charge is 2.20. The van der Waals surface area contributed by atoms with Crippen LogP contribution in [0.15, 0.2) is 36.4 Å². The average Bonchev–Trinajstić information content (AvgIpc) is 2.61. The molecule has 1 aliphatic heterocycles. The predicted octanol–water partition coefficient (Wildman–Crippen LogP) is 4.91. The minimum atomic E-state index is 0.141. The molecular formula is C20H29ClN2O. The van der Waals surface area contributed by atoms with Crippen LogP contribution in [0.25, 0.3) is 0 Å². The molecule has 4 heteroatoms. The molecule has 0 bridgehead atoms. The van der Waals surface area contributed by atoms with Crippen LogP contribution in [-0.2, 0) is 4.79 Å². The lowest BCUT2D eigenvalue weighted by Crippen LogP contribution is -2.48. The highest BCUT2D eigenvalue weighted by atomic mass is 35.5. The van der Waals surface area contributed by atoms with Crippen LogP contribution < -0.4 is 4.90 Å². The van der Waals surface area contributed by atoms with Gasteiger partial charge in [0.2, 0.25) is 5.91 Å². The molecule has 0 N–H and O–H groups in total. The van der Waals surface area contributed by atoms with Crippen LogP contribution in [0.2, 0.25) is 5.02 Å². The smallest absolute Gasteiger partial charge is 0.246 e. The molecule has 1 aromatic rings. The van der Waals surface area contributed by atoms with E-state index in [-0.39, 0.29) is 5.91 Å². The first-order valence-corrected chi connectivity index (χ1v) is 9.55. The summed E-state index contributed by atoms with van der Waals surface area (Å²) in [5.74, 6) is 0.141. The van der Waals surface area contributed by atoms with Crippen LogP contribution >= 0.6 is 11.6 Å². The molecular weight excluding hydrogens is 320 g/mol. The lowest BCUT2D eigenvalue weighted by Gasteiger charge is -2.36. The first-order valence-electron chi connectivity index (χ1n) is 9.17. The number of piperazine rings is 1. The highest BCUT2D eigenvalue weighted by Crippen LogP contribution is 2.26. The number of halogens is 1. The van der Waals surface area contributed by atoms with Gasteiger partial charge in [-0.2, -0.15) is 0 Å². The summed E-state index contributed by atoms with van der Waals surface area (Å²) in [6.07, 6.45) is 11.1. The van der Waals surface area contributed by atoms with Crippen molar-refractivity contribution in [3.8, 4) is 0 Å². The molecule has 1 saturated heterocycles. The van der Waals surface area contributed by atoms with E-state index in [1.165, 1.54) is 32.1 Å². The van der Waals surface area contributed by atoms with Crippen molar-refractivity contribution < 1.29 is 4.79 Å². The summed E-state index contributed by atoms with van der Waals surface area (Å²) >= 11 is 6.25. The molecule has 24 heavy (non-hydrogen) atoms. The number of anilines is 1. The summed E-state index contributed by atoms with van der Waals surface area (Å²) in [5.41, 5.74) is 1.06. The lowest BCUT2D eigenvalue weighted by atomic mass is 10.1. The van der Waals surface area contributed by atoms with Crippen LogP contribution in [0.1, 0.15) is 45.4 Å². The molecule has 0 unspecified atom stereocenters. The summed E-state index contributed by atoms with van der Waals surface area (Å²) in [4.78, 5) is 16.4. The zero-order valence-corrected chi connectivity index (χ0v) is 15.5. The van der Waals surface area contributed by atoms with Crippen molar-refractivity contribution in [1.82, 2.24) is 4.90 Å². The van der Waals surface area contributed by atoms with Crippen molar-refractivity contribution in [2.24, 2.45) is 0 Å². The Labute approximate surface area is 151 Å². The maximum Gasteiger partial charge on any atom is 0.246 e. The Morgan fingerprint density at radius 2 is 1.79 bits per heavy atom. The van der Waals surface area contributed by atoms with Gasteiger partial charge in [0.1, 0.15) is 0 Å². The van der Waals surface area contributed by atoms with Crippen LogP contribution in [0.5, 0.6) is 0 Å². The van der Waals surface area contributed by atoms with Gasteiger partial charge in [0.05, 0.1) is 10.7 Å². The van der Waals surface area contributed by atoms with Gasteiger partial charge in [-0.15, -0.1) is 0 Å². The minimum Gasteiger partial charge on any atom is -0.367 e. The molecule has 0 atom stereocenters. The number of carbonyl (C=O) groups excluding carboxylic acids is 1. The van der Waals surface area contributed by atoms with E-state index < -0.39 is 0 Å². The quantitative estimate of drug-likeness (QED) is 0.492. The molecule has 1 aromatic carbocycles. The maximum atomic E-state index is 12.2. The van der Waals surface area contributed by atoms with E-state index in [0.29, 0.717) is 0 Å². The molecule has 1 aliphatic rings. The molecule has 0 radical (unpaired) electrons. The normalized spacial score (nSPS) is 15.2. The van der Waals surface area contributed by atoms with Crippen LogP contribution in [-0.4, -0.2) is 37.0 Å². The largest absolute Gasteiger partial charge is 0.367 e. The number of benzene rings is 1. The zero-order valence-electron chi connectivity index (χ0n) is 14.7. The first kappa shape index (κ1) is 18.9. The van der Waals surface area contributed by atoms with Gasteiger partial charge in [0.25, 0.3) is 0 Å². The van der Waals surface area contributed by atoms with E-state index >= 15 is 0 Å². The lowest BCUT2D eigenvalue weighted by molar-refractivity contribution is -0.126. The van der Waals surface area contributed by atoms with Gasteiger partial charge in [0.15, 0.2) is 0 Å². The van der Waals surface area contributed by atoms with Crippen molar-refractivity contribution in [2.75, 3.05) is 31.1 Å². The number of rotatable bonds is 8. The van der Waals surface area contributed by atoms with Gasteiger partial charge in [0, 0.05) is 26.2 Å². The molecule has 1 amide bonds. The molecule has 3 nitrogen and oxygen atoms in total. The molecule has 0 aromatic heterocycles. The molecule has 2 rings (SSSR count). The maximum absolute atomic E-state index is 12.2. The van der Waals surface area contributed by atoms with Crippen molar-refractivity contribution in [3.63, 3.8) is 0 Å². The summed E-state index contributed by atoms with van der Waals surface area (Å²) in [5, 5.41) is 0.778. The number of carbonyl (C=O) groups is 1. The predicted molar refractivity (Wildman–Crippen MR) is 103 cm³/mol. The Morgan fingerprint density at radius 1 is 1.08 bits per heavy atom. The summed E-state index contributed by atoms with van der Waals surface area (Å²) in [6.45, 7) is 5.40. The van der Waals surface area contributed by atoms with Gasteiger partial charge in [-0.3, -0.25) is 4.79 Å². The summed E-state index contributed by atoms with van der Waals surface area (Å²) in [7, 11) is 0. The van der Waals surface area contributed by atoms with Gasteiger partial charge in [-0.25, -0.2) is 0 Å². The molecule has 0 spiro atoms. The standard InChI is InChI=1S/C20H29ClN2O/c1-2-3-4-5-6-7-8-13-20(24)23-16-14-22(15-17-23)19-12-10-9-11-18(19)21/h8-13H,2-7,14-17H2,1H3.